The van der Waals surface area contributed by atoms with Gasteiger partial charge in [0.05, 0.1) is 11.1 Å². The van der Waals surface area contributed by atoms with Crippen LogP contribution in [0.2, 0.25) is 5.02 Å². The van der Waals surface area contributed by atoms with E-state index in [9.17, 15) is 31.1 Å². The van der Waals surface area contributed by atoms with E-state index in [4.69, 9.17) is 16.7 Å². The van der Waals surface area contributed by atoms with Gasteiger partial charge in [-0.3, -0.25) is 9.48 Å². The molecule has 0 aliphatic heterocycles. The van der Waals surface area contributed by atoms with Gasteiger partial charge >= 0.3 is 18.3 Å². The molecule has 2 aromatic heterocycles. The molecule has 240 valence electrons. The van der Waals surface area contributed by atoms with Gasteiger partial charge in [0.1, 0.15) is 5.82 Å². The fourth-order valence-electron chi connectivity index (χ4n) is 5.72. The molecule has 0 amide bonds. The number of aromatic nitrogens is 3. The largest absolute Gasteiger partial charge is 0.481 e. The minimum atomic E-state index is -4.66. The highest BCUT2D eigenvalue weighted by molar-refractivity contribution is 6.30. The monoisotopic (exact) mass is 645 g/mol. The van der Waals surface area contributed by atoms with Crippen LogP contribution in [0.25, 0.3) is 0 Å². The summed E-state index contributed by atoms with van der Waals surface area (Å²) < 4.78 is 83.6. The summed E-state index contributed by atoms with van der Waals surface area (Å²) in [6, 6.07) is 5.83. The summed E-state index contributed by atoms with van der Waals surface area (Å²) in [6.45, 7) is 2.61. The lowest BCUT2D eigenvalue weighted by Crippen LogP contribution is -2.34. The Morgan fingerprint density at radius 2 is 1.64 bits per heavy atom. The van der Waals surface area contributed by atoms with E-state index in [2.05, 4.69) is 10.1 Å². The van der Waals surface area contributed by atoms with Crippen molar-refractivity contribution < 1.29 is 36.2 Å². The summed E-state index contributed by atoms with van der Waals surface area (Å²) in [6.07, 6.45) is -3.65. The Labute approximate surface area is 256 Å². The average Bonchev–Trinajstić information content (AvgIpc) is 3.37. The fraction of sp³-hybridized carbons (Fsp3) is 0.500. The van der Waals surface area contributed by atoms with Crippen LogP contribution in [-0.2, 0) is 37.3 Å². The molecule has 3 aromatic rings. The summed E-state index contributed by atoms with van der Waals surface area (Å²) in [7, 11) is 1.66. The lowest BCUT2D eigenvalue weighted by atomic mass is 9.80. The van der Waals surface area contributed by atoms with Gasteiger partial charge in [0.15, 0.2) is 5.82 Å². The maximum absolute atomic E-state index is 13.8. The van der Waals surface area contributed by atoms with Crippen molar-refractivity contribution in [3.05, 3.63) is 70.0 Å². The highest BCUT2D eigenvalue weighted by Gasteiger charge is 2.34. The van der Waals surface area contributed by atoms with E-state index in [0.29, 0.717) is 24.7 Å². The quantitative estimate of drug-likeness (QED) is 0.214. The Kier molecular flexibility index (Phi) is 10.4. The van der Waals surface area contributed by atoms with E-state index in [1.807, 2.05) is 11.8 Å². The zero-order valence-electron chi connectivity index (χ0n) is 24.3. The molecular formula is C30H34ClF6N5O2. The Balaban J connectivity index is 1.67. The van der Waals surface area contributed by atoms with Gasteiger partial charge in [-0.25, -0.2) is 4.98 Å². The number of carbonyl (C=O) groups is 1. The van der Waals surface area contributed by atoms with Gasteiger partial charge in [-0.1, -0.05) is 11.6 Å². The average molecular weight is 646 g/mol. The van der Waals surface area contributed by atoms with Gasteiger partial charge in [0.2, 0.25) is 0 Å². The molecule has 0 saturated heterocycles. The number of halogens is 7. The maximum Gasteiger partial charge on any atom is 0.417 e. The first-order valence-corrected chi connectivity index (χ1v) is 14.6. The van der Waals surface area contributed by atoms with Gasteiger partial charge < -0.3 is 14.9 Å². The van der Waals surface area contributed by atoms with Crippen LogP contribution in [0.3, 0.4) is 0 Å². The first kappa shape index (κ1) is 33.4. The summed E-state index contributed by atoms with van der Waals surface area (Å²) in [4.78, 5) is 18.9. The van der Waals surface area contributed by atoms with Crippen LogP contribution in [0.1, 0.15) is 61.3 Å². The van der Waals surface area contributed by atoms with Gasteiger partial charge in [0.25, 0.3) is 0 Å². The third-order valence-electron chi connectivity index (χ3n) is 7.90. The van der Waals surface area contributed by atoms with Crippen molar-refractivity contribution in [3.8, 4) is 0 Å². The molecule has 0 radical (unpaired) electrons. The molecule has 1 saturated carbocycles. The molecule has 1 aromatic carbocycles. The van der Waals surface area contributed by atoms with Crippen LogP contribution in [-0.4, -0.2) is 38.9 Å². The number of aryl methyl sites for hydroxylation is 1. The topological polar surface area (TPSA) is 74.5 Å². The lowest BCUT2D eigenvalue weighted by molar-refractivity contribution is -0.139. The van der Waals surface area contributed by atoms with Crippen LogP contribution in [0.15, 0.2) is 42.7 Å². The van der Waals surface area contributed by atoms with Gasteiger partial charge in [-0.2, -0.15) is 31.4 Å². The van der Waals surface area contributed by atoms with Crippen molar-refractivity contribution in [1.82, 2.24) is 14.8 Å². The molecule has 0 spiro atoms. The van der Waals surface area contributed by atoms with Gasteiger partial charge in [-0.05, 0) is 74.3 Å². The van der Waals surface area contributed by atoms with Gasteiger partial charge in [-0.15, -0.1) is 0 Å². The number of anilines is 2. The van der Waals surface area contributed by atoms with E-state index >= 15 is 0 Å². The number of nitrogens with zero attached hydrogens (tertiary/aromatic N) is 5. The highest BCUT2D eigenvalue weighted by Crippen LogP contribution is 2.36. The molecule has 2 heterocycles. The van der Waals surface area contributed by atoms with Crippen molar-refractivity contribution in [2.75, 3.05) is 22.9 Å². The molecule has 0 bridgehead atoms. The normalized spacial score (nSPS) is 17.5. The molecule has 14 heteroatoms. The first-order chi connectivity index (χ1) is 20.6. The second kappa shape index (κ2) is 13.7. The van der Waals surface area contributed by atoms with Gasteiger partial charge in [0, 0.05) is 68.7 Å². The zero-order valence-corrected chi connectivity index (χ0v) is 25.1. The predicted octanol–water partition coefficient (Wildman–Crippen LogP) is 7.82. The van der Waals surface area contributed by atoms with Crippen LogP contribution < -0.4 is 9.80 Å². The number of carboxylic acid groups (broad SMARTS) is 1. The van der Waals surface area contributed by atoms with E-state index in [-0.39, 0.29) is 47.5 Å². The van der Waals surface area contributed by atoms with Crippen LogP contribution in [0, 0.1) is 11.8 Å². The first-order valence-electron chi connectivity index (χ1n) is 14.3. The van der Waals surface area contributed by atoms with Crippen molar-refractivity contribution >= 4 is 29.2 Å². The molecule has 7 nitrogen and oxygen atoms in total. The molecule has 1 aliphatic carbocycles. The molecule has 0 atom stereocenters. The number of aliphatic carboxylic acids is 1. The second-order valence-electron chi connectivity index (χ2n) is 11.3. The summed E-state index contributed by atoms with van der Waals surface area (Å²) in [5.41, 5.74) is -1.42. The molecule has 1 fully saturated rings. The number of hydrogen-bond donors (Lipinski definition) is 1. The molecule has 4 rings (SSSR count). The summed E-state index contributed by atoms with van der Waals surface area (Å²) >= 11 is 6.02. The SMILES string of the molecule is CCN(CC1CCC(CC(=O)O)CC1)c1ncc(C(F)(F)F)cc1CN(Cc1cc(Cl)cc(C(F)(F)F)c1)c1ccn(C)n1. The Hall–Kier alpha value is -3.48. The smallest absolute Gasteiger partial charge is 0.417 e. The number of hydrogen-bond acceptors (Lipinski definition) is 5. The summed E-state index contributed by atoms with van der Waals surface area (Å²) in [5.74, 6) is 0.179. The molecular weight excluding hydrogens is 612 g/mol. The second-order valence-corrected chi connectivity index (χ2v) is 11.7. The third kappa shape index (κ3) is 8.80. The number of rotatable bonds is 11. The van der Waals surface area contributed by atoms with Crippen LogP contribution in [0.5, 0.6) is 0 Å². The fourth-order valence-corrected chi connectivity index (χ4v) is 5.98. The van der Waals surface area contributed by atoms with E-state index < -0.39 is 29.4 Å². The van der Waals surface area contributed by atoms with E-state index in [1.165, 1.54) is 10.7 Å². The minimum absolute atomic E-state index is 0.106. The van der Waals surface area contributed by atoms with Crippen molar-refractivity contribution in [2.45, 2.75) is 64.5 Å². The Bertz CT molecular complexity index is 1440. The van der Waals surface area contributed by atoms with Crippen LogP contribution >= 0.6 is 11.6 Å². The van der Waals surface area contributed by atoms with E-state index in [1.54, 1.807) is 24.2 Å². The third-order valence-corrected chi connectivity index (χ3v) is 8.12. The van der Waals surface area contributed by atoms with Crippen molar-refractivity contribution in [2.24, 2.45) is 18.9 Å². The number of alkyl halides is 6. The van der Waals surface area contributed by atoms with Crippen molar-refractivity contribution in [1.29, 1.82) is 0 Å². The van der Waals surface area contributed by atoms with E-state index in [0.717, 1.165) is 50.1 Å². The highest BCUT2D eigenvalue weighted by atomic mass is 35.5. The minimum Gasteiger partial charge on any atom is -0.481 e. The molecule has 1 N–H and O–H groups in total. The number of benzene rings is 1. The zero-order chi connectivity index (χ0) is 32.2. The lowest BCUT2D eigenvalue weighted by Gasteiger charge is -2.34. The molecule has 44 heavy (non-hydrogen) atoms. The number of pyridine rings is 1. The molecule has 1 aliphatic rings. The maximum atomic E-state index is 13.8. The van der Waals surface area contributed by atoms with Crippen molar-refractivity contribution in [3.63, 3.8) is 0 Å². The summed E-state index contributed by atoms with van der Waals surface area (Å²) in [5, 5.41) is 13.4. The Morgan fingerprint density at radius 1 is 0.977 bits per heavy atom. The molecule has 0 unspecified atom stereocenters. The predicted molar refractivity (Wildman–Crippen MR) is 154 cm³/mol. The number of carboxylic acids is 1. The standard InChI is InChI=1S/C30H34ClF6N5O2/c1-3-41(16-20-6-4-19(5-7-20)12-27(43)44)28-22(13-24(15-38-28)30(35,36)37)18-42(26-8-9-40(2)39-26)17-21-10-23(29(32,33)34)14-25(31)11-21/h8-11,13-15,19-20H,3-7,12,16-18H2,1-2H3,(H,43,44). The Morgan fingerprint density at radius 3 is 2.20 bits per heavy atom. The van der Waals surface area contributed by atoms with Crippen LogP contribution in [0.4, 0.5) is 38.0 Å².